The number of nitrogens with zero attached hydrogens (tertiary/aromatic N) is 1. The molecule has 0 bridgehead atoms. The summed E-state index contributed by atoms with van der Waals surface area (Å²) in [6.07, 6.45) is 6.28. The van der Waals surface area contributed by atoms with Crippen LogP contribution in [0, 0.1) is 0 Å². The summed E-state index contributed by atoms with van der Waals surface area (Å²) in [4.78, 5) is 14.5. The van der Waals surface area contributed by atoms with Crippen LogP contribution in [0.3, 0.4) is 0 Å². The highest BCUT2D eigenvalue weighted by molar-refractivity contribution is 5.80. The monoisotopic (exact) mass is 205 g/mol. The summed E-state index contributed by atoms with van der Waals surface area (Å²) in [7, 11) is 0. The van der Waals surface area contributed by atoms with Crippen molar-refractivity contribution in [3.05, 3.63) is 42.2 Å². The predicted octanol–water partition coefficient (Wildman–Crippen LogP) is 0.990. The Morgan fingerprint density at radius 1 is 1.60 bits per heavy atom. The third-order valence-electron chi connectivity index (χ3n) is 2.50. The maximum atomic E-state index is 10.5. The van der Waals surface area contributed by atoms with Crippen LogP contribution in [-0.4, -0.2) is 29.3 Å². The SMILES string of the molecule is O=C(O)/C=C/C1(c2cccnc2)COC1. The van der Waals surface area contributed by atoms with Gasteiger partial charge < -0.3 is 9.84 Å². The topological polar surface area (TPSA) is 59.4 Å². The molecule has 0 spiro atoms. The molecule has 1 aromatic heterocycles. The molecule has 15 heavy (non-hydrogen) atoms. The van der Waals surface area contributed by atoms with Gasteiger partial charge in [0.2, 0.25) is 0 Å². The molecule has 1 N–H and O–H groups in total. The van der Waals surface area contributed by atoms with E-state index in [-0.39, 0.29) is 5.41 Å². The third-order valence-corrected chi connectivity index (χ3v) is 2.50. The summed E-state index contributed by atoms with van der Waals surface area (Å²) in [6.45, 7) is 1.03. The summed E-state index contributed by atoms with van der Waals surface area (Å²) in [5.41, 5.74) is 0.695. The van der Waals surface area contributed by atoms with E-state index in [4.69, 9.17) is 9.84 Å². The highest BCUT2D eigenvalue weighted by Gasteiger charge is 2.38. The number of pyridine rings is 1. The molecule has 0 aromatic carbocycles. The molecule has 0 atom stereocenters. The van der Waals surface area contributed by atoms with Crippen molar-refractivity contribution in [3.8, 4) is 0 Å². The fourth-order valence-electron chi connectivity index (χ4n) is 1.57. The van der Waals surface area contributed by atoms with E-state index < -0.39 is 5.97 Å². The Balaban J connectivity index is 2.26. The van der Waals surface area contributed by atoms with E-state index >= 15 is 0 Å². The van der Waals surface area contributed by atoms with Crippen LogP contribution in [0.2, 0.25) is 0 Å². The maximum Gasteiger partial charge on any atom is 0.328 e. The summed E-state index contributed by atoms with van der Waals surface area (Å²) >= 11 is 0. The fraction of sp³-hybridized carbons (Fsp3) is 0.273. The van der Waals surface area contributed by atoms with E-state index in [1.54, 1.807) is 18.5 Å². The van der Waals surface area contributed by atoms with Crippen LogP contribution in [0.25, 0.3) is 0 Å². The molecule has 4 nitrogen and oxygen atoms in total. The quantitative estimate of drug-likeness (QED) is 0.747. The molecule has 0 saturated carbocycles. The van der Waals surface area contributed by atoms with Crippen LogP contribution in [0.1, 0.15) is 5.56 Å². The standard InChI is InChI=1S/C11H11NO3/c13-10(14)3-4-11(7-15-8-11)9-2-1-5-12-6-9/h1-6H,7-8H2,(H,13,14)/b4-3+. The van der Waals surface area contributed by atoms with Crippen molar-refractivity contribution in [3.63, 3.8) is 0 Å². The smallest absolute Gasteiger partial charge is 0.328 e. The Hall–Kier alpha value is -1.68. The van der Waals surface area contributed by atoms with Crippen LogP contribution >= 0.6 is 0 Å². The molecule has 1 fully saturated rings. The Morgan fingerprint density at radius 3 is 2.87 bits per heavy atom. The van der Waals surface area contributed by atoms with Crippen molar-refractivity contribution in [2.75, 3.05) is 13.2 Å². The first-order chi connectivity index (χ1) is 7.23. The summed E-state index contributed by atoms with van der Waals surface area (Å²) in [5, 5.41) is 8.60. The molecule has 0 radical (unpaired) electrons. The van der Waals surface area contributed by atoms with E-state index in [1.165, 1.54) is 0 Å². The molecule has 2 rings (SSSR count). The zero-order valence-electron chi connectivity index (χ0n) is 8.09. The van der Waals surface area contributed by atoms with Crippen molar-refractivity contribution >= 4 is 5.97 Å². The Bertz CT molecular complexity index is 382. The van der Waals surface area contributed by atoms with Crippen molar-refractivity contribution in [2.45, 2.75) is 5.41 Å². The van der Waals surface area contributed by atoms with Crippen LogP contribution in [0.4, 0.5) is 0 Å². The zero-order valence-corrected chi connectivity index (χ0v) is 8.09. The Labute approximate surface area is 87.2 Å². The summed E-state index contributed by atoms with van der Waals surface area (Å²) in [5.74, 6) is -0.940. The molecular weight excluding hydrogens is 194 g/mol. The van der Waals surface area contributed by atoms with Gasteiger partial charge in [0.15, 0.2) is 0 Å². The minimum Gasteiger partial charge on any atom is -0.478 e. The van der Waals surface area contributed by atoms with E-state index in [1.807, 2.05) is 12.1 Å². The number of rotatable bonds is 3. The number of aromatic nitrogens is 1. The highest BCUT2D eigenvalue weighted by Crippen LogP contribution is 2.33. The summed E-state index contributed by atoms with van der Waals surface area (Å²) < 4.78 is 5.15. The first-order valence-electron chi connectivity index (χ1n) is 4.63. The number of aliphatic carboxylic acids is 1. The number of carboxylic acids is 1. The Kier molecular flexibility index (Phi) is 2.51. The van der Waals surface area contributed by atoms with Gasteiger partial charge >= 0.3 is 5.97 Å². The number of hydrogen-bond donors (Lipinski definition) is 1. The summed E-state index contributed by atoms with van der Waals surface area (Å²) in [6, 6.07) is 3.77. The molecule has 1 aliphatic heterocycles. The minimum atomic E-state index is -0.940. The van der Waals surface area contributed by atoms with Crippen molar-refractivity contribution < 1.29 is 14.6 Å². The molecule has 4 heteroatoms. The van der Waals surface area contributed by atoms with Gasteiger partial charge in [0.1, 0.15) is 0 Å². The predicted molar refractivity (Wildman–Crippen MR) is 53.5 cm³/mol. The van der Waals surface area contributed by atoms with Crippen LogP contribution in [0.5, 0.6) is 0 Å². The lowest BCUT2D eigenvalue weighted by Gasteiger charge is -2.39. The van der Waals surface area contributed by atoms with Crippen LogP contribution in [0.15, 0.2) is 36.7 Å². The molecule has 1 aliphatic rings. The third kappa shape index (κ3) is 1.89. The molecule has 2 heterocycles. The van der Waals surface area contributed by atoms with Crippen LogP contribution in [-0.2, 0) is 14.9 Å². The van der Waals surface area contributed by atoms with E-state index in [9.17, 15) is 4.79 Å². The molecule has 1 aromatic rings. The van der Waals surface area contributed by atoms with Crippen molar-refractivity contribution in [2.24, 2.45) is 0 Å². The molecular formula is C11H11NO3. The maximum absolute atomic E-state index is 10.5. The molecule has 0 amide bonds. The molecule has 1 saturated heterocycles. The normalized spacial score (nSPS) is 18.7. The highest BCUT2D eigenvalue weighted by atomic mass is 16.5. The van der Waals surface area contributed by atoms with Crippen molar-refractivity contribution in [1.82, 2.24) is 4.98 Å². The van der Waals surface area contributed by atoms with E-state index in [0.29, 0.717) is 13.2 Å². The first-order valence-corrected chi connectivity index (χ1v) is 4.63. The van der Waals surface area contributed by atoms with Gasteiger partial charge in [0.25, 0.3) is 0 Å². The minimum absolute atomic E-state index is 0.299. The number of hydrogen-bond acceptors (Lipinski definition) is 3. The second-order valence-electron chi connectivity index (χ2n) is 3.56. The van der Waals surface area contributed by atoms with E-state index in [0.717, 1.165) is 11.6 Å². The zero-order chi connectivity index (χ0) is 10.7. The van der Waals surface area contributed by atoms with Gasteiger partial charge in [-0.2, -0.15) is 0 Å². The average molecular weight is 205 g/mol. The van der Waals surface area contributed by atoms with Gasteiger partial charge in [-0.3, -0.25) is 4.98 Å². The lowest BCUT2D eigenvalue weighted by atomic mass is 9.79. The second kappa shape index (κ2) is 3.82. The van der Waals surface area contributed by atoms with Gasteiger partial charge in [-0.15, -0.1) is 0 Å². The largest absolute Gasteiger partial charge is 0.478 e. The lowest BCUT2D eigenvalue weighted by Crippen LogP contribution is -2.45. The number of carbonyl (C=O) groups is 1. The van der Waals surface area contributed by atoms with Gasteiger partial charge in [-0.05, 0) is 11.6 Å². The molecule has 0 unspecified atom stereocenters. The van der Waals surface area contributed by atoms with Gasteiger partial charge in [-0.1, -0.05) is 12.1 Å². The number of carboxylic acid groups (broad SMARTS) is 1. The Morgan fingerprint density at radius 2 is 2.40 bits per heavy atom. The lowest BCUT2D eigenvalue weighted by molar-refractivity contribution is -0.131. The first kappa shape index (κ1) is 9.86. The average Bonchev–Trinajstić information content (AvgIpc) is 2.17. The second-order valence-corrected chi connectivity index (χ2v) is 3.56. The van der Waals surface area contributed by atoms with Gasteiger partial charge in [0, 0.05) is 18.5 Å². The fourth-order valence-corrected chi connectivity index (χ4v) is 1.57. The van der Waals surface area contributed by atoms with Gasteiger partial charge in [-0.25, -0.2) is 4.79 Å². The molecule has 0 aliphatic carbocycles. The van der Waals surface area contributed by atoms with Crippen molar-refractivity contribution in [1.29, 1.82) is 0 Å². The van der Waals surface area contributed by atoms with Crippen LogP contribution < -0.4 is 0 Å². The van der Waals surface area contributed by atoms with E-state index in [2.05, 4.69) is 4.98 Å². The number of ether oxygens (including phenoxy) is 1. The molecule has 78 valence electrons. The van der Waals surface area contributed by atoms with Gasteiger partial charge in [0.05, 0.1) is 18.6 Å².